The molecule has 1 aliphatic carbocycles. The van der Waals surface area contributed by atoms with Crippen molar-refractivity contribution in [3.8, 4) is 0 Å². The quantitative estimate of drug-likeness (QED) is 0.791. The van der Waals surface area contributed by atoms with Gasteiger partial charge in [0.2, 0.25) is 0 Å². The molecule has 0 aromatic heterocycles. The van der Waals surface area contributed by atoms with Gasteiger partial charge in [0.1, 0.15) is 0 Å². The Morgan fingerprint density at radius 3 is 2.61 bits per heavy atom. The molecule has 104 valence electrons. The van der Waals surface area contributed by atoms with E-state index in [9.17, 15) is 9.59 Å². The SMILES string of the molecule is CC1CCCCC1NC(=O)N(C)CCCC(=O)O. The van der Waals surface area contributed by atoms with Gasteiger partial charge in [-0.2, -0.15) is 0 Å². The van der Waals surface area contributed by atoms with E-state index >= 15 is 0 Å². The van der Waals surface area contributed by atoms with Gasteiger partial charge in [-0.25, -0.2) is 4.79 Å². The van der Waals surface area contributed by atoms with Crippen molar-refractivity contribution in [2.24, 2.45) is 5.92 Å². The summed E-state index contributed by atoms with van der Waals surface area (Å²) >= 11 is 0. The van der Waals surface area contributed by atoms with Crippen molar-refractivity contribution in [2.75, 3.05) is 13.6 Å². The van der Waals surface area contributed by atoms with Crippen molar-refractivity contribution < 1.29 is 14.7 Å². The number of carboxylic acid groups (broad SMARTS) is 1. The lowest BCUT2D eigenvalue weighted by Gasteiger charge is -2.31. The minimum Gasteiger partial charge on any atom is -0.481 e. The minimum atomic E-state index is -0.815. The fraction of sp³-hybridized carbons (Fsp3) is 0.846. The summed E-state index contributed by atoms with van der Waals surface area (Å²) in [7, 11) is 1.71. The number of carbonyl (C=O) groups is 2. The second-order valence-corrected chi connectivity index (χ2v) is 5.24. The number of nitrogens with zero attached hydrogens (tertiary/aromatic N) is 1. The van der Waals surface area contributed by atoms with Crippen molar-refractivity contribution >= 4 is 12.0 Å². The molecule has 0 aromatic rings. The summed E-state index contributed by atoms with van der Waals surface area (Å²) in [5, 5.41) is 11.6. The number of aliphatic carboxylic acids is 1. The van der Waals surface area contributed by atoms with Crippen LogP contribution in [0, 0.1) is 5.92 Å². The Hall–Kier alpha value is -1.26. The maximum Gasteiger partial charge on any atom is 0.317 e. The number of nitrogens with one attached hydrogen (secondary N) is 1. The first-order valence-electron chi connectivity index (χ1n) is 6.74. The highest BCUT2D eigenvalue weighted by molar-refractivity contribution is 5.74. The molecule has 2 unspecified atom stereocenters. The van der Waals surface area contributed by atoms with E-state index in [4.69, 9.17) is 5.11 Å². The Morgan fingerprint density at radius 2 is 2.00 bits per heavy atom. The molecule has 1 rings (SSSR count). The second-order valence-electron chi connectivity index (χ2n) is 5.24. The monoisotopic (exact) mass is 256 g/mol. The molecule has 1 saturated carbocycles. The van der Waals surface area contributed by atoms with E-state index in [-0.39, 0.29) is 18.5 Å². The Kier molecular flexibility index (Phi) is 5.95. The van der Waals surface area contributed by atoms with Crippen LogP contribution in [0.1, 0.15) is 45.4 Å². The van der Waals surface area contributed by atoms with Gasteiger partial charge in [-0.1, -0.05) is 19.8 Å². The predicted octanol–water partition coefficient (Wildman–Crippen LogP) is 2.07. The Bertz CT molecular complexity index is 294. The van der Waals surface area contributed by atoms with Crippen LogP contribution in [0.2, 0.25) is 0 Å². The Morgan fingerprint density at radius 1 is 1.33 bits per heavy atom. The van der Waals surface area contributed by atoms with E-state index in [0.717, 1.165) is 6.42 Å². The highest BCUT2D eigenvalue weighted by Crippen LogP contribution is 2.23. The van der Waals surface area contributed by atoms with Crippen LogP contribution in [-0.2, 0) is 4.79 Å². The average Bonchev–Trinajstić information content (AvgIpc) is 2.31. The van der Waals surface area contributed by atoms with E-state index < -0.39 is 5.97 Å². The molecule has 0 spiro atoms. The van der Waals surface area contributed by atoms with Crippen LogP contribution in [0.25, 0.3) is 0 Å². The zero-order valence-electron chi connectivity index (χ0n) is 11.3. The zero-order chi connectivity index (χ0) is 13.5. The molecular formula is C13H24N2O3. The molecule has 1 aliphatic rings. The van der Waals surface area contributed by atoms with Crippen molar-refractivity contribution in [1.29, 1.82) is 0 Å². The molecule has 5 heteroatoms. The van der Waals surface area contributed by atoms with Gasteiger partial charge in [0.25, 0.3) is 0 Å². The maximum absolute atomic E-state index is 11.9. The molecule has 0 aromatic carbocycles. The average molecular weight is 256 g/mol. The van der Waals surface area contributed by atoms with Crippen molar-refractivity contribution in [3.05, 3.63) is 0 Å². The van der Waals surface area contributed by atoms with E-state index in [1.807, 2.05) is 0 Å². The molecule has 2 atom stereocenters. The molecule has 2 N–H and O–H groups in total. The van der Waals surface area contributed by atoms with Crippen LogP contribution in [0.5, 0.6) is 0 Å². The number of hydrogen-bond acceptors (Lipinski definition) is 2. The van der Waals surface area contributed by atoms with Gasteiger partial charge >= 0.3 is 12.0 Å². The number of amides is 2. The number of urea groups is 1. The van der Waals surface area contributed by atoms with E-state index in [1.54, 1.807) is 11.9 Å². The van der Waals surface area contributed by atoms with Gasteiger partial charge in [0.05, 0.1) is 0 Å². The van der Waals surface area contributed by atoms with Crippen LogP contribution < -0.4 is 5.32 Å². The summed E-state index contributed by atoms with van der Waals surface area (Å²) in [5.74, 6) is -0.278. The molecule has 18 heavy (non-hydrogen) atoms. The predicted molar refractivity (Wildman–Crippen MR) is 69.5 cm³/mol. The van der Waals surface area contributed by atoms with Gasteiger partial charge in [-0.15, -0.1) is 0 Å². The normalized spacial score (nSPS) is 23.4. The standard InChI is InChI=1S/C13H24N2O3/c1-10-6-3-4-7-11(10)14-13(18)15(2)9-5-8-12(16)17/h10-11H,3-9H2,1-2H3,(H,14,18)(H,16,17). The van der Waals surface area contributed by atoms with Crippen LogP contribution in [-0.4, -0.2) is 41.6 Å². The number of carbonyl (C=O) groups excluding carboxylic acids is 1. The van der Waals surface area contributed by atoms with Crippen LogP contribution in [0.15, 0.2) is 0 Å². The zero-order valence-corrected chi connectivity index (χ0v) is 11.3. The lowest BCUT2D eigenvalue weighted by Crippen LogP contribution is -2.47. The van der Waals surface area contributed by atoms with E-state index in [1.165, 1.54) is 19.3 Å². The summed E-state index contributed by atoms with van der Waals surface area (Å²) in [6, 6.07) is 0.187. The molecule has 0 heterocycles. The molecule has 1 fully saturated rings. The number of rotatable bonds is 5. The Balaban J connectivity index is 2.28. The highest BCUT2D eigenvalue weighted by atomic mass is 16.4. The molecule has 0 aliphatic heterocycles. The second kappa shape index (κ2) is 7.24. The molecule has 5 nitrogen and oxygen atoms in total. The summed E-state index contributed by atoms with van der Waals surface area (Å²) in [4.78, 5) is 23.9. The van der Waals surface area contributed by atoms with Crippen molar-refractivity contribution in [1.82, 2.24) is 10.2 Å². The van der Waals surface area contributed by atoms with Crippen LogP contribution in [0.3, 0.4) is 0 Å². The third kappa shape index (κ3) is 4.94. The van der Waals surface area contributed by atoms with Crippen LogP contribution in [0.4, 0.5) is 4.79 Å². The van der Waals surface area contributed by atoms with Gasteiger partial charge in [0, 0.05) is 26.1 Å². The molecule has 0 bridgehead atoms. The summed E-state index contributed by atoms with van der Waals surface area (Å²) in [6.45, 7) is 2.66. The molecule has 0 radical (unpaired) electrons. The van der Waals surface area contributed by atoms with Gasteiger partial charge in [0.15, 0.2) is 0 Å². The smallest absolute Gasteiger partial charge is 0.317 e. The Labute approximate surface area is 109 Å². The highest BCUT2D eigenvalue weighted by Gasteiger charge is 2.23. The fourth-order valence-electron chi connectivity index (χ4n) is 2.37. The van der Waals surface area contributed by atoms with Gasteiger partial charge in [-0.05, 0) is 25.2 Å². The van der Waals surface area contributed by atoms with E-state index in [2.05, 4.69) is 12.2 Å². The van der Waals surface area contributed by atoms with Crippen molar-refractivity contribution in [2.45, 2.75) is 51.5 Å². The largest absolute Gasteiger partial charge is 0.481 e. The van der Waals surface area contributed by atoms with Gasteiger partial charge < -0.3 is 15.3 Å². The topological polar surface area (TPSA) is 69.6 Å². The first kappa shape index (κ1) is 14.8. The summed E-state index contributed by atoms with van der Waals surface area (Å²) < 4.78 is 0. The number of carboxylic acids is 1. The van der Waals surface area contributed by atoms with Gasteiger partial charge in [-0.3, -0.25) is 4.79 Å². The first-order valence-corrected chi connectivity index (χ1v) is 6.74. The third-order valence-electron chi connectivity index (χ3n) is 3.65. The van der Waals surface area contributed by atoms with Crippen LogP contribution >= 0.6 is 0 Å². The summed E-state index contributed by atoms with van der Waals surface area (Å²) in [5.41, 5.74) is 0. The fourth-order valence-corrected chi connectivity index (χ4v) is 2.37. The molecule has 0 saturated heterocycles. The number of hydrogen-bond donors (Lipinski definition) is 2. The first-order chi connectivity index (χ1) is 8.50. The lowest BCUT2D eigenvalue weighted by atomic mass is 9.86. The summed E-state index contributed by atoms with van der Waals surface area (Å²) in [6.07, 6.45) is 5.26. The third-order valence-corrected chi connectivity index (χ3v) is 3.65. The minimum absolute atomic E-state index is 0.0841. The lowest BCUT2D eigenvalue weighted by molar-refractivity contribution is -0.137. The maximum atomic E-state index is 11.9. The molecule has 2 amide bonds. The van der Waals surface area contributed by atoms with Crippen molar-refractivity contribution in [3.63, 3.8) is 0 Å². The van der Waals surface area contributed by atoms with E-state index in [0.29, 0.717) is 18.9 Å². The molecular weight excluding hydrogens is 232 g/mol.